The van der Waals surface area contributed by atoms with E-state index < -0.39 is 0 Å². The first-order valence-electron chi connectivity index (χ1n) is 6.01. The molecule has 18 heavy (non-hydrogen) atoms. The first kappa shape index (κ1) is 12.5. The van der Waals surface area contributed by atoms with Gasteiger partial charge in [0.25, 0.3) is 0 Å². The minimum atomic E-state index is 0.536. The lowest BCUT2D eigenvalue weighted by Gasteiger charge is -2.19. The summed E-state index contributed by atoms with van der Waals surface area (Å²) in [5.74, 6) is 7.43. The van der Waals surface area contributed by atoms with Crippen LogP contribution in [0, 0.1) is 0 Å². The van der Waals surface area contributed by atoms with Crippen molar-refractivity contribution in [2.24, 2.45) is 10.8 Å². The lowest BCUT2D eigenvalue weighted by atomic mass is 10.2. The zero-order valence-electron chi connectivity index (χ0n) is 10.4. The van der Waals surface area contributed by atoms with Crippen molar-refractivity contribution < 1.29 is 9.47 Å². The van der Waals surface area contributed by atoms with Crippen molar-refractivity contribution in [2.45, 2.75) is 13.3 Å². The van der Waals surface area contributed by atoms with Crippen LogP contribution in [0.25, 0.3) is 0 Å². The molecule has 1 aromatic carbocycles. The molecule has 98 valence electrons. The average Bonchev–Trinajstić information content (AvgIpc) is 2.43. The lowest BCUT2D eigenvalue weighted by Crippen LogP contribution is -2.36. The van der Waals surface area contributed by atoms with Crippen LogP contribution < -0.4 is 26.1 Å². The topological polar surface area (TPSA) is 80.9 Å². The Bertz CT molecular complexity index is 434. The Hall–Kier alpha value is -1.95. The molecule has 4 N–H and O–H groups in total. The number of fused-ring (bicyclic) bond motifs is 1. The van der Waals surface area contributed by atoms with E-state index in [2.05, 4.69) is 22.7 Å². The number of hydrogen-bond acceptors (Lipinski definition) is 4. The maximum Gasteiger partial charge on any atom is 0.210 e. The number of rotatable bonds is 3. The van der Waals surface area contributed by atoms with Crippen LogP contribution in [0.15, 0.2) is 23.2 Å². The number of anilines is 1. The van der Waals surface area contributed by atoms with Gasteiger partial charge in [0.15, 0.2) is 11.5 Å². The van der Waals surface area contributed by atoms with E-state index in [0.717, 1.165) is 30.2 Å². The molecular formula is C12H18N4O2. The molecule has 1 aliphatic rings. The largest absolute Gasteiger partial charge is 0.486 e. The molecule has 0 aromatic heterocycles. The van der Waals surface area contributed by atoms with E-state index >= 15 is 0 Å². The van der Waals surface area contributed by atoms with Crippen LogP contribution in [0.5, 0.6) is 11.5 Å². The SMILES string of the molecule is CCCN=C(NN)Nc1ccc2c(c1)OCCO2. The Balaban J connectivity index is 2.09. The number of nitrogens with zero attached hydrogens (tertiary/aromatic N) is 1. The standard InChI is InChI=1S/C12H18N4O2/c1-2-5-14-12(16-13)15-9-3-4-10-11(8-9)18-7-6-17-10/h3-4,8H,2,5-7,13H2,1H3,(H2,14,15,16). The normalized spacial score (nSPS) is 14.2. The van der Waals surface area contributed by atoms with Gasteiger partial charge < -0.3 is 14.8 Å². The fourth-order valence-electron chi connectivity index (χ4n) is 1.60. The molecule has 2 rings (SSSR count). The molecule has 0 radical (unpaired) electrons. The van der Waals surface area contributed by atoms with Crippen molar-refractivity contribution in [2.75, 3.05) is 25.1 Å². The molecule has 0 amide bonds. The van der Waals surface area contributed by atoms with Crippen LogP contribution in [0.2, 0.25) is 0 Å². The molecule has 0 saturated heterocycles. The molecule has 0 fully saturated rings. The van der Waals surface area contributed by atoms with Gasteiger partial charge in [-0.05, 0) is 18.6 Å². The summed E-state index contributed by atoms with van der Waals surface area (Å²) in [7, 11) is 0. The van der Waals surface area contributed by atoms with Crippen LogP contribution in [-0.2, 0) is 0 Å². The van der Waals surface area contributed by atoms with E-state index in [9.17, 15) is 0 Å². The first-order valence-corrected chi connectivity index (χ1v) is 6.01. The van der Waals surface area contributed by atoms with Crippen molar-refractivity contribution in [1.29, 1.82) is 0 Å². The first-order chi connectivity index (χ1) is 8.83. The molecule has 6 nitrogen and oxygen atoms in total. The lowest BCUT2D eigenvalue weighted by molar-refractivity contribution is 0.171. The quantitative estimate of drug-likeness (QED) is 0.324. The predicted octanol–water partition coefficient (Wildman–Crippen LogP) is 1.10. The highest BCUT2D eigenvalue weighted by Gasteiger charge is 2.11. The molecule has 0 saturated carbocycles. The number of nitrogens with one attached hydrogen (secondary N) is 2. The van der Waals surface area contributed by atoms with E-state index in [1.807, 2.05) is 18.2 Å². The molecule has 0 spiro atoms. The molecule has 1 aromatic rings. The van der Waals surface area contributed by atoms with Crippen LogP contribution in [0.4, 0.5) is 5.69 Å². The summed E-state index contributed by atoms with van der Waals surface area (Å²) in [6.45, 7) is 3.94. The zero-order valence-corrected chi connectivity index (χ0v) is 10.4. The van der Waals surface area contributed by atoms with Crippen molar-refractivity contribution in [1.82, 2.24) is 5.43 Å². The molecule has 0 bridgehead atoms. The van der Waals surface area contributed by atoms with E-state index in [4.69, 9.17) is 15.3 Å². The van der Waals surface area contributed by atoms with Gasteiger partial charge in [-0.1, -0.05) is 6.92 Å². The Kier molecular flexibility index (Phi) is 4.25. The second-order valence-electron chi connectivity index (χ2n) is 3.86. The number of benzene rings is 1. The highest BCUT2D eigenvalue weighted by Crippen LogP contribution is 2.32. The highest BCUT2D eigenvalue weighted by molar-refractivity contribution is 5.93. The third kappa shape index (κ3) is 3.04. The number of aliphatic imine (C=N–C) groups is 1. The maximum atomic E-state index is 5.50. The summed E-state index contributed by atoms with van der Waals surface area (Å²) in [6.07, 6.45) is 0.966. The minimum Gasteiger partial charge on any atom is -0.486 e. The van der Waals surface area contributed by atoms with Gasteiger partial charge in [-0.15, -0.1) is 0 Å². The Morgan fingerprint density at radius 2 is 2.11 bits per heavy atom. The van der Waals surface area contributed by atoms with Crippen LogP contribution in [0.3, 0.4) is 0 Å². The number of nitrogens with two attached hydrogens (primary N) is 1. The summed E-state index contributed by atoms with van der Waals surface area (Å²) in [4.78, 5) is 4.27. The van der Waals surface area contributed by atoms with Gasteiger partial charge >= 0.3 is 0 Å². The number of hydrazine groups is 1. The Labute approximate surface area is 106 Å². The molecule has 1 heterocycles. The van der Waals surface area contributed by atoms with Gasteiger partial charge in [-0.25, -0.2) is 5.84 Å². The summed E-state index contributed by atoms with van der Waals surface area (Å²) in [6, 6.07) is 5.63. The molecule has 0 unspecified atom stereocenters. The number of guanidine groups is 1. The molecular weight excluding hydrogens is 232 g/mol. The van der Waals surface area contributed by atoms with Crippen LogP contribution in [-0.4, -0.2) is 25.7 Å². The van der Waals surface area contributed by atoms with Gasteiger partial charge in [0.05, 0.1) is 0 Å². The third-order valence-corrected chi connectivity index (χ3v) is 2.44. The van der Waals surface area contributed by atoms with E-state index in [-0.39, 0.29) is 0 Å². The number of hydrogen-bond donors (Lipinski definition) is 3. The predicted molar refractivity (Wildman–Crippen MR) is 71.0 cm³/mol. The fraction of sp³-hybridized carbons (Fsp3) is 0.417. The van der Waals surface area contributed by atoms with E-state index in [1.54, 1.807) is 0 Å². The minimum absolute atomic E-state index is 0.536. The summed E-state index contributed by atoms with van der Waals surface area (Å²) >= 11 is 0. The highest BCUT2D eigenvalue weighted by atomic mass is 16.6. The molecule has 0 aliphatic carbocycles. The van der Waals surface area contributed by atoms with Crippen LogP contribution in [0.1, 0.15) is 13.3 Å². The maximum absolute atomic E-state index is 5.50. The zero-order chi connectivity index (χ0) is 12.8. The smallest absolute Gasteiger partial charge is 0.210 e. The molecule has 6 heteroatoms. The van der Waals surface area contributed by atoms with Gasteiger partial charge in [0, 0.05) is 18.3 Å². The second-order valence-corrected chi connectivity index (χ2v) is 3.86. The van der Waals surface area contributed by atoms with Crippen molar-refractivity contribution in [3.05, 3.63) is 18.2 Å². The Morgan fingerprint density at radius 1 is 1.33 bits per heavy atom. The summed E-state index contributed by atoms with van der Waals surface area (Å²) in [5, 5.41) is 3.09. The molecule has 0 atom stereocenters. The average molecular weight is 250 g/mol. The molecule has 1 aliphatic heterocycles. The second kappa shape index (κ2) is 6.11. The van der Waals surface area contributed by atoms with E-state index in [0.29, 0.717) is 19.2 Å². The van der Waals surface area contributed by atoms with Crippen molar-refractivity contribution in [3.8, 4) is 11.5 Å². The Morgan fingerprint density at radius 3 is 2.83 bits per heavy atom. The fourth-order valence-corrected chi connectivity index (χ4v) is 1.60. The van der Waals surface area contributed by atoms with Gasteiger partial charge in [0.1, 0.15) is 13.2 Å². The number of ether oxygens (including phenoxy) is 2. The summed E-state index contributed by atoms with van der Waals surface area (Å²) < 4.78 is 11.0. The van der Waals surface area contributed by atoms with E-state index in [1.165, 1.54) is 0 Å². The third-order valence-electron chi connectivity index (χ3n) is 2.44. The van der Waals surface area contributed by atoms with Crippen LogP contribution >= 0.6 is 0 Å². The van der Waals surface area contributed by atoms with Gasteiger partial charge in [-0.2, -0.15) is 0 Å². The van der Waals surface area contributed by atoms with Crippen molar-refractivity contribution in [3.63, 3.8) is 0 Å². The van der Waals surface area contributed by atoms with Gasteiger partial charge in [0.2, 0.25) is 5.96 Å². The monoisotopic (exact) mass is 250 g/mol. The summed E-state index contributed by atoms with van der Waals surface area (Å²) in [5.41, 5.74) is 3.39. The van der Waals surface area contributed by atoms with Crippen molar-refractivity contribution >= 4 is 11.6 Å². The van der Waals surface area contributed by atoms with Gasteiger partial charge in [-0.3, -0.25) is 10.4 Å².